The van der Waals surface area contributed by atoms with Gasteiger partial charge in [-0.3, -0.25) is 9.59 Å². The summed E-state index contributed by atoms with van der Waals surface area (Å²) < 4.78 is 0. The van der Waals surface area contributed by atoms with E-state index in [1.54, 1.807) is 19.2 Å². The molecule has 0 aliphatic heterocycles. The topological polar surface area (TPSA) is 64.8 Å². The monoisotopic (exact) mass is 257 g/mol. The zero-order valence-corrected chi connectivity index (χ0v) is 11.2. The number of benzene rings is 1. The van der Waals surface area contributed by atoms with Crippen molar-refractivity contribution >= 4 is 11.6 Å². The molecule has 0 fully saturated rings. The summed E-state index contributed by atoms with van der Waals surface area (Å²) in [5, 5.41) is 7.72. The van der Waals surface area contributed by atoms with Crippen LogP contribution in [0.2, 0.25) is 0 Å². The van der Waals surface area contributed by atoms with E-state index in [0.717, 1.165) is 11.1 Å². The number of hydrogen-bond acceptors (Lipinski definition) is 4. The van der Waals surface area contributed by atoms with Crippen LogP contribution in [0.3, 0.4) is 0 Å². The maximum absolute atomic E-state index is 12.1. The van der Waals surface area contributed by atoms with Crippen LogP contribution in [0.25, 0.3) is 0 Å². The molecule has 2 aromatic rings. The molecule has 0 spiro atoms. The minimum absolute atomic E-state index is 0.179. The Morgan fingerprint density at radius 1 is 1.11 bits per heavy atom. The lowest BCUT2D eigenvalue weighted by molar-refractivity contribution is 0.0891. The van der Waals surface area contributed by atoms with Crippen LogP contribution < -0.4 is 0 Å². The Hall–Kier alpha value is -2.30. The number of Topliss-reactive ketones (excluding diaryl/α,β-unsaturated/α-hetero) is 2. The first kappa shape index (κ1) is 13.1. The summed E-state index contributed by atoms with van der Waals surface area (Å²) in [4.78, 5) is 25.2. The molecule has 0 saturated heterocycles. The number of aromatic nitrogens is 3. The Bertz CT molecular complexity index is 624. The second-order valence-electron chi connectivity index (χ2n) is 4.62. The molecule has 0 aliphatic carbocycles. The zero-order chi connectivity index (χ0) is 14.0. The molecule has 0 radical (unpaired) electrons. The van der Waals surface area contributed by atoms with Crippen LogP contribution in [0.5, 0.6) is 0 Å². The summed E-state index contributed by atoms with van der Waals surface area (Å²) in [7, 11) is 1.63. The van der Waals surface area contributed by atoms with Crippen LogP contribution in [-0.4, -0.2) is 26.6 Å². The van der Waals surface area contributed by atoms with E-state index in [9.17, 15) is 9.59 Å². The first-order valence-electron chi connectivity index (χ1n) is 5.97. The zero-order valence-electron chi connectivity index (χ0n) is 11.2. The third kappa shape index (κ3) is 3.13. The van der Waals surface area contributed by atoms with Crippen molar-refractivity contribution in [2.75, 3.05) is 0 Å². The van der Waals surface area contributed by atoms with Crippen molar-refractivity contribution < 1.29 is 9.59 Å². The maximum Gasteiger partial charge on any atom is 0.192 e. The highest BCUT2D eigenvalue weighted by Crippen LogP contribution is 2.12. The summed E-state index contributed by atoms with van der Waals surface area (Å²) in [6.45, 7) is 3.85. The second kappa shape index (κ2) is 5.14. The van der Waals surface area contributed by atoms with Crippen molar-refractivity contribution in [1.82, 2.24) is 15.0 Å². The molecule has 19 heavy (non-hydrogen) atoms. The molecule has 0 atom stereocenters. The number of rotatable bonds is 4. The molecular formula is C14H15N3O2. The molecule has 0 amide bonds. The predicted octanol–water partition coefficient (Wildman–Crippen LogP) is 1.89. The van der Waals surface area contributed by atoms with Crippen molar-refractivity contribution in [3.8, 4) is 0 Å². The summed E-state index contributed by atoms with van der Waals surface area (Å²) in [6.07, 6.45) is 1.19. The van der Waals surface area contributed by atoms with Gasteiger partial charge in [0, 0.05) is 12.6 Å². The fraction of sp³-hybridized carbons (Fsp3) is 0.286. The highest BCUT2D eigenvalue weighted by atomic mass is 16.1. The van der Waals surface area contributed by atoms with Gasteiger partial charge >= 0.3 is 0 Å². The van der Waals surface area contributed by atoms with Gasteiger partial charge in [0.2, 0.25) is 0 Å². The van der Waals surface area contributed by atoms with E-state index < -0.39 is 0 Å². The fourth-order valence-corrected chi connectivity index (χ4v) is 1.95. The Labute approximate surface area is 111 Å². The standard InChI is InChI=1S/C14H15N3O2/c1-9-4-10(2)6-11(5-9)13(18)7-14(19)12-8-15-17(3)16-12/h4-6,8H,7H2,1-3H3. The van der Waals surface area contributed by atoms with E-state index in [1.165, 1.54) is 11.0 Å². The molecule has 5 nitrogen and oxygen atoms in total. The van der Waals surface area contributed by atoms with Crippen LogP contribution >= 0.6 is 0 Å². The third-order valence-corrected chi connectivity index (χ3v) is 2.75. The summed E-state index contributed by atoms with van der Waals surface area (Å²) >= 11 is 0. The van der Waals surface area contributed by atoms with Gasteiger partial charge in [0.05, 0.1) is 12.6 Å². The van der Waals surface area contributed by atoms with E-state index in [0.29, 0.717) is 5.56 Å². The number of hydrogen-bond donors (Lipinski definition) is 0. The normalized spacial score (nSPS) is 10.5. The van der Waals surface area contributed by atoms with Crippen LogP contribution in [0.1, 0.15) is 38.4 Å². The van der Waals surface area contributed by atoms with E-state index in [-0.39, 0.29) is 23.7 Å². The van der Waals surface area contributed by atoms with Crippen molar-refractivity contribution in [1.29, 1.82) is 0 Å². The maximum atomic E-state index is 12.1. The largest absolute Gasteiger partial charge is 0.294 e. The molecule has 0 bridgehead atoms. The summed E-state index contributed by atoms with van der Waals surface area (Å²) in [5.41, 5.74) is 2.81. The fourth-order valence-electron chi connectivity index (χ4n) is 1.95. The molecule has 98 valence electrons. The summed E-state index contributed by atoms with van der Waals surface area (Å²) in [6, 6.07) is 5.57. The number of carbonyl (C=O) groups excluding carboxylic acids is 2. The third-order valence-electron chi connectivity index (χ3n) is 2.75. The molecule has 1 heterocycles. The average molecular weight is 257 g/mol. The lowest BCUT2D eigenvalue weighted by atomic mass is 10.0. The minimum Gasteiger partial charge on any atom is -0.294 e. The Morgan fingerprint density at radius 2 is 1.74 bits per heavy atom. The number of aryl methyl sites for hydroxylation is 3. The van der Waals surface area contributed by atoms with Crippen LogP contribution in [0.4, 0.5) is 0 Å². The van der Waals surface area contributed by atoms with Gasteiger partial charge in [-0.05, 0) is 26.0 Å². The Morgan fingerprint density at radius 3 is 2.26 bits per heavy atom. The van der Waals surface area contributed by atoms with Gasteiger partial charge in [0.1, 0.15) is 5.69 Å². The van der Waals surface area contributed by atoms with Gasteiger partial charge in [0.15, 0.2) is 11.6 Å². The molecule has 2 rings (SSSR count). The van der Waals surface area contributed by atoms with E-state index in [4.69, 9.17) is 0 Å². The molecule has 1 aromatic heterocycles. The van der Waals surface area contributed by atoms with Crippen LogP contribution in [0.15, 0.2) is 24.4 Å². The summed E-state index contributed by atoms with van der Waals surface area (Å²) in [5.74, 6) is -0.500. The van der Waals surface area contributed by atoms with Crippen molar-refractivity contribution in [2.45, 2.75) is 20.3 Å². The van der Waals surface area contributed by atoms with E-state index in [2.05, 4.69) is 10.2 Å². The number of nitrogens with zero attached hydrogens (tertiary/aromatic N) is 3. The van der Waals surface area contributed by atoms with Crippen molar-refractivity contribution in [3.63, 3.8) is 0 Å². The molecule has 5 heteroatoms. The smallest absolute Gasteiger partial charge is 0.192 e. The Kier molecular flexibility index (Phi) is 3.55. The first-order chi connectivity index (χ1) is 8.95. The molecule has 0 unspecified atom stereocenters. The minimum atomic E-state index is -0.308. The van der Waals surface area contributed by atoms with Crippen molar-refractivity contribution in [2.24, 2.45) is 7.05 Å². The Balaban J connectivity index is 2.15. The highest BCUT2D eigenvalue weighted by molar-refractivity contribution is 6.12. The average Bonchev–Trinajstić information content (AvgIpc) is 2.74. The van der Waals surface area contributed by atoms with Crippen LogP contribution in [-0.2, 0) is 7.05 Å². The highest BCUT2D eigenvalue weighted by Gasteiger charge is 2.16. The molecule has 0 N–H and O–H groups in total. The second-order valence-corrected chi connectivity index (χ2v) is 4.62. The predicted molar refractivity (Wildman–Crippen MR) is 70.2 cm³/mol. The molecular weight excluding hydrogens is 242 g/mol. The van der Waals surface area contributed by atoms with Crippen LogP contribution in [0, 0.1) is 13.8 Å². The quantitative estimate of drug-likeness (QED) is 0.619. The van der Waals surface area contributed by atoms with Gasteiger partial charge in [-0.1, -0.05) is 17.2 Å². The number of ketones is 2. The van der Waals surface area contributed by atoms with Gasteiger partial charge in [-0.2, -0.15) is 15.0 Å². The first-order valence-corrected chi connectivity index (χ1v) is 5.97. The SMILES string of the molecule is Cc1cc(C)cc(C(=O)CC(=O)c2cnn(C)n2)c1. The van der Waals surface area contributed by atoms with E-state index >= 15 is 0 Å². The van der Waals surface area contributed by atoms with Gasteiger partial charge < -0.3 is 0 Å². The lowest BCUT2D eigenvalue weighted by Crippen LogP contribution is -2.10. The molecule has 1 aromatic carbocycles. The molecule has 0 aliphatic rings. The van der Waals surface area contributed by atoms with Crippen molar-refractivity contribution in [3.05, 3.63) is 46.8 Å². The van der Waals surface area contributed by atoms with Gasteiger partial charge in [-0.15, -0.1) is 0 Å². The van der Waals surface area contributed by atoms with Gasteiger partial charge in [-0.25, -0.2) is 0 Å². The van der Waals surface area contributed by atoms with Gasteiger partial charge in [0.25, 0.3) is 0 Å². The molecule has 0 saturated carbocycles. The van der Waals surface area contributed by atoms with E-state index in [1.807, 2.05) is 19.9 Å². The number of carbonyl (C=O) groups is 2. The lowest BCUT2D eigenvalue weighted by Gasteiger charge is -2.03.